The van der Waals surface area contributed by atoms with Crippen LogP contribution in [0.25, 0.3) is 6.08 Å². The molecule has 0 aliphatic rings. The van der Waals surface area contributed by atoms with Crippen LogP contribution in [0.3, 0.4) is 0 Å². The number of likely N-dealkylation sites (N-methyl/N-ethyl adjacent to an activating group) is 1. The number of aromatic nitrogens is 1. The number of carbonyl (C=O) groups is 1. The van der Waals surface area contributed by atoms with Crippen molar-refractivity contribution in [3.8, 4) is 0 Å². The summed E-state index contributed by atoms with van der Waals surface area (Å²) in [6, 6.07) is 0. The smallest absolute Gasteiger partial charge is 0.356 e. The van der Waals surface area contributed by atoms with Crippen LogP contribution in [-0.4, -0.2) is 29.7 Å². The van der Waals surface area contributed by atoms with Crippen LogP contribution in [0.2, 0.25) is 0 Å². The van der Waals surface area contributed by atoms with E-state index in [4.69, 9.17) is 5.11 Å². The number of thiazole rings is 1. The van der Waals surface area contributed by atoms with Gasteiger partial charge in [-0.25, -0.2) is 9.78 Å². The standard InChI is InChI=1S/C8H10N2O2S/c1-9-4-2-3-6-7(8(11)12)10-5-13-6/h2-3,5,9H,4H2,1H3,(H,11,12). The molecule has 0 saturated carbocycles. The summed E-state index contributed by atoms with van der Waals surface area (Å²) in [6.45, 7) is 0.719. The molecule has 0 amide bonds. The number of nitrogens with one attached hydrogen (secondary N) is 1. The summed E-state index contributed by atoms with van der Waals surface area (Å²) < 4.78 is 0. The van der Waals surface area contributed by atoms with E-state index in [2.05, 4.69) is 10.3 Å². The van der Waals surface area contributed by atoms with Crippen molar-refractivity contribution in [3.63, 3.8) is 0 Å². The lowest BCUT2D eigenvalue weighted by Gasteiger charge is -1.90. The molecule has 70 valence electrons. The predicted molar refractivity (Wildman–Crippen MR) is 52.0 cm³/mol. The zero-order chi connectivity index (χ0) is 9.68. The highest BCUT2D eigenvalue weighted by Crippen LogP contribution is 2.14. The van der Waals surface area contributed by atoms with Gasteiger partial charge in [-0.2, -0.15) is 0 Å². The Morgan fingerprint density at radius 2 is 2.62 bits per heavy atom. The Balaban J connectivity index is 2.76. The molecule has 0 fully saturated rings. The Labute approximate surface area is 79.9 Å². The second-order valence-electron chi connectivity index (χ2n) is 2.33. The molecule has 1 aromatic rings. The lowest BCUT2D eigenvalue weighted by Crippen LogP contribution is -2.04. The van der Waals surface area contributed by atoms with E-state index in [-0.39, 0.29) is 5.69 Å². The van der Waals surface area contributed by atoms with Crippen molar-refractivity contribution in [3.05, 3.63) is 22.2 Å². The monoisotopic (exact) mass is 198 g/mol. The topological polar surface area (TPSA) is 62.2 Å². The summed E-state index contributed by atoms with van der Waals surface area (Å²) in [4.78, 5) is 15.0. The van der Waals surface area contributed by atoms with Gasteiger partial charge < -0.3 is 10.4 Å². The molecule has 0 bridgehead atoms. The second-order valence-corrected chi connectivity index (χ2v) is 3.22. The van der Waals surface area contributed by atoms with Crippen LogP contribution in [0.4, 0.5) is 0 Å². The minimum Gasteiger partial charge on any atom is -0.476 e. The number of rotatable bonds is 4. The van der Waals surface area contributed by atoms with Crippen molar-refractivity contribution in [2.45, 2.75) is 0 Å². The largest absolute Gasteiger partial charge is 0.476 e. The molecule has 0 aliphatic heterocycles. The highest BCUT2D eigenvalue weighted by molar-refractivity contribution is 7.10. The molecule has 1 heterocycles. The molecule has 2 N–H and O–H groups in total. The van der Waals surface area contributed by atoms with Gasteiger partial charge in [0.05, 0.1) is 10.4 Å². The van der Waals surface area contributed by atoms with E-state index in [0.29, 0.717) is 4.88 Å². The third-order valence-electron chi connectivity index (χ3n) is 1.39. The summed E-state index contributed by atoms with van der Waals surface area (Å²) >= 11 is 1.32. The highest BCUT2D eigenvalue weighted by atomic mass is 32.1. The average Bonchev–Trinajstić information content (AvgIpc) is 2.53. The van der Waals surface area contributed by atoms with Gasteiger partial charge in [-0.1, -0.05) is 6.08 Å². The third-order valence-corrected chi connectivity index (χ3v) is 2.18. The van der Waals surface area contributed by atoms with Crippen molar-refractivity contribution in [1.82, 2.24) is 10.3 Å². The first-order chi connectivity index (χ1) is 6.25. The second kappa shape index (κ2) is 4.74. The van der Waals surface area contributed by atoms with Crippen molar-refractivity contribution < 1.29 is 9.90 Å². The normalized spacial score (nSPS) is 10.8. The van der Waals surface area contributed by atoms with Gasteiger partial charge in [0.1, 0.15) is 0 Å². The number of carboxylic acids is 1. The summed E-state index contributed by atoms with van der Waals surface area (Å²) in [7, 11) is 1.83. The number of nitrogens with zero attached hydrogens (tertiary/aromatic N) is 1. The Kier molecular flexibility index (Phi) is 3.60. The van der Waals surface area contributed by atoms with Crippen LogP contribution in [0.1, 0.15) is 15.4 Å². The van der Waals surface area contributed by atoms with Crippen molar-refractivity contribution in [2.75, 3.05) is 13.6 Å². The molecule has 1 rings (SSSR count). The van der Waals surface area contributed by atoms with Crippen LogP contribution >= 0.6 is 11.3 Å². The molecule has 0 unspecified atom stereocenters. The first-order valence-corrected chi connectivity index (χ1v) is 4.61. The SMILES string of the molecule is CNCC=Cc1scnc1C(=O)O. The first-order valence-electron chi connectivity index (χ1n) is 3.73. The summed E-state index contributed by atoms with van der Waals surface area (Å²) in [5, 5.41) is 11.6. The average molecular weight is 198 g/mol. The molecule has 5 heteroatoms. The maximum atomic E-state index is 10.6. The molecule has 0 aliphatic carbocycles. The summed E-state index contributed by atoms with van der Waals surface area (Å²) in [6.07, 6.45) is 3.62. The zero-order valence-corrected chi connectivity index (χ0v) is 7.97. The molecule has 1 aromatic heterocycles. The quantitative estimate of drug-likeness (QED) is 0.759. The van der Waals surface area contributed by atoms with E-state index in [1.807, 2.05) is 13.1 Å². The van der Waals surface area contributed by atoms with E-state index in [9.17, 15) is 4.79 Å². The minimum absolute atomic E-state index is 0.123. The van der Waals surface area contributed by atoms with Crippen LogP contribution in [-0.2, 0) is 0 Å². The van der Waals surface area contributed by atoms with Crippen LogP contribution in [0, 0.1) is 0 Å². The molecule has 4 nitrogen and oxygen atoms in total. The molecule has 0 saturated heterocycles. The van der Waals surface area contributed by atoms with Gasteiger partial charge in [0, 0.05) is 6.54 Å². The van der Waals surface area contributed by atoms with E-state index in [1.165, 1.54) is 16.8 Å². The van der Waals surface area contributed by atoms with Gasteiger partial charge in [0.25, 0.3) is 0 Å². The Morgan fingerprint density at radius 3 is 3.23 bits per heavy atom. The van der Waals surface area contributed by atoms with Crippen LogP contribution < -0.4 is 5.32 Å². The van der Waals surface area contributed by atoms with Gasteiger partial charge in [-0.3, -0.25) is 0 Å². The van der Waals surface area contributed by atoms with Gasteiger partial charge in [0.2, 0.25) is 0 Å². The lowest BCUT2D eigenvalue weighted by molar-refractivity contribution is 0.0691. The molecule has 0 spiro atoms. The third kappa shape index (κ3) is 2.64. The van der Waals surface area contributed by atoms with Gasteiger partial charge in [0.15, 0.2) is 5.69 Å². The number of carboxylic acid groups (broad SMARTS) is 1. The Bertz CT molecular complexity index is 320. The fraction of sp³-hybridized carbons (Fsp3) is 0.250. The zero-order valence-electron chi connectivity index (χ0n) is 7.15. The Morgan fingerprint density at radius 1 is 1.85 bits per heavy atom. The number of hydrogen-bond acceptors (Lipinski definition) is 4. The van der Waals surface area contributed by atoms with E-state index in [1.54, 1.807) is 6.08 Å². The van der Waals surface area contributed by atoms with Gasteiger partial charge >= 0.3 is 5.97 Å². The number of hydrogen-bond donors (Lipinski definition) is 2. The molecular weight excluding hydrogens is 188 g/mol. The lowest BCUT2D eigenvalue weighted by atomic mass is 10.3. The highest BCUT2D eigenvalue weighted by Gasteiger charge is 2.09. The molecule has 13 heavy (non-hydrogen) atoms. The van der Waals surface area contributed by atoms with Gasteiger partial charge in [-0.15, -0.1) is 11.3 Å². The van der Waals surface area contributed by atoms with E-state index < -0.39 is 5.97 Å². The fourth-order valence-electron chi connectivity index (χ4n) is 0.818. The Hall–Kier alpha value is -1.20. The maximum absolute atomic E-state index is 10.6. The first kappa shape index (κ1) is 9.88. The summed E-state index contributed by atoms with van der Waals surface area (Å²) in [5.74, 6) is -0.981. The minimum atomic E-state index is -0.981. The summed E-state index contributed by atoms with van der Waals surface area (Å²) in [5.41, 5.74) is 1.65. The van der Waals surface area contributed by atoms with E-state index in [0.717, 1.165) is 6.54 Å². The molecule has 0 aromatic carbocycles. The number of aromatic carboxylic acids is 1. The van der Waals surface area contributed by atoms with Crippen molar-refractivity contribution in [2.24, 2.45) is 0 Å². The predicted octanol–water partition coefficient (Wildman–Crippen LogP) is 1.07. The van der Waals surface area contributed by atoms with Crippen molar-refractivity contribution in [1.29, 1.82) is 0 Å². The molecule has 0 radical (unpaired) electrons. The van der Waals surface area contributed by atoms with Gasteiger partial charge in [-0.05, 0) is 13.1 Å². The fourth-order valence-corrected chi connectivity index (χ4v) is 1.52. The molecular formula is C8H10N2O2S. The van der Waals surface area contributed by atoms with Crippen LogP contribution in [0.5, 0.6) is 0 Å². The van der Waals surface area contributed by atoms with Crippen LogP contribution in [0.15, 0.2) is 11.6 Å². The van der Waals surface area contributed by atoms with Crippen molar-refractivity contribution >= 4 is 23.4 Å². The maximum Gasteiger partial charge on any atom is 0.356 e. The van der Waals surface area contributed by atoms with E-state index >= 15 is 0 Å². The molecule has 0 atom stereocenters.